The minimum absolute atomic E-state index is 0.293. The molecule has 0 aromatic heterocycles. The summed E-state index contributed by atoms with van der Waals surface area (Å²) in [5.74, 6) is -0.0667. The molecule has 0 unspecified atom stereocenters. The fourth-order valence-corrected chi connectivity index (χ4v) is 3.74. The van der Waals surface area contributed by atoms with E-state index in [-0.39, 0.29) is 12.2 Å². The number of aliphatic hydroxyl groups is 1. The quantitative estimate of drug-likeness (QED) is 0.670. The van der Waals surface area contributed by atoms with Crippen LogP contribution in [0.15, 0.2) is 46.9 Å². The summed E-state index contributed by atoms with van der Waals surface area (Å²) in [6.07, 6.45) is 0.452. The second-order valence-corrected chi connectivity index (χ2v) is 7.45. The minimum Gasteiger partial charge on any atom is -0.494 e. The summed E-state index contributed by atoms with van der Waals surface area (Å²) in [6, 6.07) is 12.1. The molecule has 0 spiro atoms. The Labute approximate surface area is 167 Å². The SMILES string of the molecule is CCCN1C(=O)[C@](O)(CC(=O)c2ccc(OCC)cc2)c2cc(Br)ccc21. The highest BCUT2D eigenvalue weighted by molar-refractivity contribution is 9.10. The van der Waals surface area contributed by atoms with Gasteiger partial charge in [-0.15, -0.1) is 0 Å². The molecule has 27 heavy (non-hydrogen) atoms. The zero-order valence-corrected chi connectivity index (χ0v) is 17.0. The van der Waals surface area contributed by atoms with Gasteiger partial charge in [-0.2, -0.15) is 0 Å². The van der Waals surface area contributed by atoms with Crippen LogP contribution in [-0.4, -0.2) is 29.9 Å². The Balaban J connectivity index is 1.92. The van der Waals surface area contributed by atoms with Gasteiger partial charge in [0.2, 0.25) is 0 Å². The number of anilines is 1. The zero-order valence-electron chi connectivity index (χ0n) is 15.4. The first-order chi connectivity index (χ1) is 12.9. The largest absolute Gasteiger partial charge is 0.494 e. The highest BCUT2D eigenvalue weighted by atomic mass is 79.9. The van der Waals surface area contributed by atoms with Crippen LogP contribution in [0.2, 0.25) is 0 Å². The summed E-state index contributed by atoms with van der Waals surface area (Å²) in [5.41, 5.74) is -0.295. The summed E-state index contributed by atoms with van der Waals surface area (Å²) >= 11 is 3.39. The third-order valence-corrected chi connectivity index (χ3v) is 5.14. The van der Waals surface area contributed by atoms with E-state index in [4.69, 9.17) is 4.74 Å². The van der Waals surface area contributed by atoms with E-state index in [1.165, 1.54) is 0 Å². The lowest BCUT2D eigenvalue weighted by atomic mass is 9.88. The van der Waals surface area contributed by atoms with Gasteiger partial charge in [-0.25, -0.2) is 0 Å². The van der Waals surface area contributed by atoms with E-state index in [2.05, 4.69) is 15.9 Å². The van der Waals surface area contributed by atoms with Gasteiger partial charge < -0.3 is 14.7 Å². The minimum atomic E-state index is -1.86. The van der Waals surface area contributed by atoms with Crippen molar-refractivity contribution in [2.45, 2.75) is 32.3 Å². The second-order valence-electron chi connectivity index (χ2n) is 6.54. The molecule has 1 amide bonds. The number of carbonyl (C=O) groups is 2. The van der Waals surface area contributed by atoms with Crippen LogP contribution < -0.4 is 9.64 Å². The molecule has 1 atom stereocenters. The number of ketones is 1. The summed E-state index contributed by atoms with van der Waals surface area (Å²) < 4.78 is 6.13. The van der Waals surface area contributed by atoms with Crippen LogP contribution in [0.4, 0.5) is 5.69 Å². The first-order valence-electron chi connectivity index (χ1n) is 9.01. The van der Waals surface area contributed by atoms with E-state index < -0.39 is 11.5 Å². The number of Topliss-reactive ketones (excluding diaryl/α,β-unsaturated/α-hetero) is 1. The molecule has 0 aliphatic carbocycles. The van der Waals surface area contributed by atoms with Crippen LogP contribution in [0, 0.1) is 0 Å². The third kappa shape index (κ3) is 3.64. The standard InChI is InChI=1S/C21H22BrNO4/c1-3-11-23-18-10-7-15(22)12-17(18)21(26,20(23)25)13-19(24)14-5-8-16(9-6-14)27-4-2/h5-10,12,26H,3-4,11,13H2,1-2H3/t21-/m0/s1. The number of hydrogen-bond donors (Lipinski definition) is 1. The van der Waals surface area contributed by atoms with Crippen LogP contribution in [0.25, 0.3) is 0 Å². The van der Waals surface area contributed by atoms with Crippen molar-refractivity contribution in [2.75, 3.05) is 18.1 Å². The van der Waals surface area contributed by atoms with Gasteiger partial charge in [0.1, 0.15) is 5.75 Å². The molecule has 5 nitrogen and oxygen atoms in total. The molecule has 2 aromatic rings. The molecule has 0 saturated heterocycles. The molecule has 6 heteroatoms. The van der Waals surface area contributed by atoms with Crippen molar-refractivity contribution in [2.24, 2.45) is 0 Å². The van der Waals surface area contributed by atoms with E-state index in [0.29, 0.717) is 35.7 Å². The smallest absolute Gasteiger partial charge is 0.264 e. The number of hydrogen-bond acceptors (Lipinski definition) is 4. The number of rotatable bonds is 7. The normalized spacial score (nSPS) is 18.5. The maximum Gasteiger partial charge on any atom is 0.264 e. The maximum atomic E-state index is 13.0. The van der Waals surface area contributed by atoms with E-state index in [0.717, 1.165) is 10.9 Å². The van der Waals surface area contributed by atoms with Crippen LogP contribution in [0.1, 0.15) is 42.6 Å². The van der Waals surface area contributed by atoms with Crippen molar-refractivity contribution < 1.29 is 19.4 Å². The summed E-state index contributed by atoms with van der Waals surface area (Å²) in [6.45, 7) is 4.89. The fourth-order valence-electron chi connectivity index (χ4n) is 3.38. The Morgan fingerprint density at radius 1 is 1.19 bits per heavy atom. The first-order valence-corrected chi connectivity index (χ1v) is 9.80. The Kier molecular flexibility index (Phi) is 5.67. The Bertz CT molecular complexity index is 865. The number of halogens is 1. The van der Waals surface area contributed by atoms with Crippen LogP contribution in [0.3, 0.4) is 0 Å². The Morgan fingerprint density at radius 3 is 2.52 bits per heavy atom. The van der Waals surface area contributed by atoms with Gasteiger partial charge in [-0.3, -0.25) is 9.59 Å². The van der Waals surface area contributed by atoms with Crippen LogP contribution >= 0.6 is 15.9 Å². The predicted octanol–water partition coefficient (Wildman–Crippen LogP) is 4.07. The average molecular weight is 432 g/mol. The zero-order chi connectivity index (χ0) is 19.6. The molecule has 1 aliphatic heterocycles. The van der Waals surface area contributed by atoms with E-state index in [9.17, 15) is 14.7 Å². The van der Waals surface area contributed by atoms with Crippen molar-refractivity contribution >= 4 is 33.3 Å². The van der Waals surface area contributed by atoms with Gasteiger partial charge in [-0.1, -0.05) is 22.9 Å². The van der Waals surface area contributed by atoms with Gasteiger partial charge in [0.05, 0.1) is 18.7 Å². The van der Waals surface area contributed by atoms with Crippen molar-refractivity contribution in [1.29, 1.82) is 0 Å². The summed E-state index contributed by atoms with van der Waals surface area (Å²) in [5, 5.41) is 11.2. The van der Waals surface area contributed by atoms with Gasteiger partial charge in [0, 0.05) is 22.1 Å². The fraction of sp³-hybridized carbons (Fsp3) is 0.333. The molecule has 1 heterocycles. The molecule has 0 saturated carbocycles. The number of fused-ring (bicyclic) bond motifs is 1. The molecular weight excluding hydrogens is 410 g/mol. The lowest BCUT2D eigenvalue weighted by Crippen LogP contribution is -2.42. The van der Waals surface area contributed by atoms with Gasteiger partial charge in [0.25, 0.3) is 5.91 Å². The van der Waals surface area contributed by atoms with Crippen molar-refractivity contribution in [3.8, 4) is 5.75 Å². The third-order valence-electron chi connectivity index (χ3n) is 4.64. The average Bonchev–Trinajstić information content (AvgIpc) is 2.84. The highest BCUT2D eigenvalue weighted by Gasteiger charge is 2.50. The number of ether oxygens (including phenoxy) is 1. The lowest BCUT2D eigenvalue weighted by Gasteiger charge is -2.22. The van der Waals surface area contributed by atoms with E-state index in [1.807, 2.05) is 19.9 Å². The highest BCUT2D eigenvalue weighted by Crippen LogP contribution is 2.44. The molecular formula is C21H22BrNO4. The number of carbonyl (C=O) groups excluding carboxylic acids is 2. The molecule has 0 fully saturated rings. The molecule has 0 bridgehead atoms. The number of nitrogens with zero attached hydrogens (tertiary/aromatic N) is 1. The number of amides is 1. The maximum absolute atomic E-state index is 13.0. The van der Waals surface area contributed by atoms with Crippen LogP contribution in [0.5, 0.6) is 5.75 Å². The molecule has 0 radical (unpaired) electrons. The van der Waals surface area contributed by atoms with Gasteiger partial charge in [0.15, 0.2) is 11.4 Å². The van der Waals surface area contributed by atoms with Crippen molar-refractivity contribution in [3.05, 3.63) is 58.1 Å². The Morgan fingerprint density at radius 2 is 1.89 bits per heavy atom. The van der Waals surface area contributed by atoms with E-state index in [1.54, 1.807) is 41.3 Å². The monoisotopic (exact) mass is 431 g/mol. The topological polar surface area (TPSA) is 66.8 Å². The lowest BCUT2D eigenvalue weighted by molar-refractivity contribution is -0.135. The summed E-state index contributed by atoms with van der Waals surface area (Å²) in [4.78, 5) is 27.3. The van der Waals surface area contributed by atoms with Crippen LogP contribution in [-0.2, 0) is 10.4 Å². The second kappa shape index (κ2) is 7.82. The molecule has 2 aromatic carbocycles. The first kappa shape index (κ1) is 19.6. The molecule has 3 rings (SSSR count). The van der Waals surface area contributed by atoms with Crippen molar-refractivity contribution in [1.82, 2.24) is 0 Å². The van der Waals surface area contributed by atoms with Gasteiger partial charge in [-0.05, 0) is 55.8 Å². The van der Waals surface area contributed by atoms with E-state index >= 15 is 0 Å². The molecule has 1 aliphatic rings. The van der Waals surface area contributed by atoms with Gasteiger partial charge >= 0.3 is 0 Å². The Hall–Kier alpha value is -2.18. The predicted molar refractivity (Wildman–Crippen MR) is 107 cm³/mol. The molecule has 142 valence electrons. The summed E-state index contributed by atoms with van der Waals surface area (Å²) in [7, 11) is 0. The van der Waals surface area contributed by atoms with Crippen molar-refractivity contribution in [3.63, 3.8) is 0 Å². The number of benzene rings is 2. The molecule has 1 N–H and O–H groups in total.